The van der Waals surface area contributed by atoms with E-state index >= 15 is 0 Å². The highest BCUT2D eigenvalue weighted by atomic mass is 16.2. The van der Waals surface area contributed by atoms with Crippen LogP contribution in [0.2, 0.25) is 0 Å². The molecule has 0 saturated carbocycles. The predicted octanol–water partition coefficient (Wildman–Crippen LogP) is 3.29. The van der Waals surface area contributed by atoms with Crippen molar-refractivity contribution in [3.8, 4) is 0 Å². The average molecular weight is 390 g/mol. The number of aryl methyl sites for hydroxylation is 1. The maximum absolute atomic E-state index is 12.9. The molecule has 1 aromatic heterocycles. The van der Waals surface area contributed by atoms with Crippen molar-refractivity contribution in [3.63, 3.8) is 0 Å². The van der Waals surface area contributed by atoms with Gasteiger partial charge >= 0.3 is 0 Å². The molecule has 0 radical (unpaired) electrons. The molecule has 2 heterocycles. The highest BCUT2D eigenvalue weighted by Crippen LogP contribution is 2.27. The topological polar surface area (TPSA) is 78.1 Å². The van der Waals surface area contributed by atoms with E-state index in [1.54, 1.807) is 4.90 Å². The molecule has 2 N–H and O–H groups in total. The highest BCUT2D eigenvalue weighted by Gasteiger charge is 2.37. The number of hydrogen-bond acceptors (Lipinski definition) is 3. The molecule has 0 fully saturated rings. The Balaban J connectivity index is 1.34. The minimum atomic E-state index is -0.471. The summed E-state index contributed by atoms with van der Waals surface area (Å²) < 4.78 is 0. The third-order valence-corrected chi connectivity index (χ3v) is 5.41. The van der Waals surface area contributed by atoms with E-state index in [4.69, 9.17) is 0 Å². The third-order valence-electron chi connectivity index (χ3n) is 5.41. The number of benzene rings is 2. The summed E-state index contributed by atoms with van der Waals surface area (Å²) in [4.78, 5) is 35.2. The van der Waals surface area contributed by atoms with Gasteiger partial charge in [0.25, 0.3) is 5.91 Å². The Morgan fingerprint density at radius 1 is 1.17 bits per heavy atom. The van der Waals surface area contributed by atoms with Crippen LogP contribution in [0.1, 0.15) is 42.0 Å². The zero-order chi connectivity index (χ0) is 20.4. The number of hydrogen-bond donors (Lipinski definition) is 2. The summed E-state index contributed by atoms with van der Waals surface area (Å²) in [5, 5.41) is 3.02. The molecule has 150 valence electrons. The Morgan fingerprint density at radius 2 is 1.93 bits per heavy atom. The van der Waals surface area contributed by atoms with Crippen LogP contribution < -0.4 is 5.32 Å². The molecule has 0 saturated heterocycles. The van der Waals surface area contributed by atoms with Gasteiger partial charge in [0.2, 0.25) is 5.91 Å². The molecule has 1 aliphatic rings. The predicted molar refractivity (Wildman–Crippen MR) is 112 cm³/mol. The van der Waals surface area contributed by atoms with Crippen molar-refractivity contribution in [2.45, 2.75) is 39.3 Å². The van der Waals surface area contributed by atoms with Gasteiger partial charge in [0.1, 0.15) is 11.9 Å². The molecule has 2 amide bonds. The fourth-order valence-corrected chi connectivity index (χ4v) is 4.00. The highest BCUT2D eigenvalue weighted by molar-refractivity contribution is 6.01. The number of nitrogens with one attached hydrogen (secondary N) is 2. The van der Waals surface area contributed by atoms with Gasteiger partial charge in [0, 0.05) is 25.1 Å². The molecule has 0 aliphatic carbocycles. The smallest absolute Gasteiger partial charge is 0.255 e. The molecule has 6 heteroatoms. The summed E-state index contributed by atoms with van der Waals surface area (Å²) in [6.07, 6.45) is 1.54. The third kappa shape index (κ3) is 3.88. The number of aromatic amines is 1. The van der Waals surface area contributed by atoms with Crippen molar-refractivity contribution in [2.24, 2.45) is 5.92 Å². The number of carbonyl (C=O) groups excluding carboxylic acids is 2. The molecule has 0 unspecified atom stereocenters. The van der Waals surface area contributed by atoms with Crippen molar-refractivity contribution < 1.29 is 9.59 Å². The first-order chi connectivity index (χ1) is 14.0. The summed E-state index contributed by atoms with van der Waals surface area (Å²) in [6.45, 7) is 5.00. The van der Waals surface area contributed by atoms with Crippen LogP contribution in [-0.2, 0) is 17.8 Å². The van der Waals surface area contributed by atoms with Crippen molar-refractivity contribution in [1.82, 2.24) is 20.2 Å². The van der Waals surface area contributed by atoms with E-state index in [0.29, 0.717) is 18.7 Å². The van der Waals surface area contributed by atoms with Gasteiger partial charge in [-0.2, -0.15) is 0 Å². The van der Waals surface area contributed by atoms with E-state index in [2.05, 4.69) is 15.3 Å². The van der Waals surface area contributed by atoms with Gasteiger partial charge in [-0.05, 0) is 36.1 Å². The van der Waals surface area contributed by atoms with E-state index in [-0.39, 0.29) is 17.7 Å². The number of fused-ring (bicyclic) bond motifs is 2. The molecule has 1 atom stereocenters. The van der Waals surface area contributed by atoms with E-state index in [9.17, 15) is 9.59 Å². The molecular formula is C23H26N4O2. The van der Waals surface area contributed by atoms with Gasteiger partial charge in [-0.25, -0.2) is 4.98 Å². The maximum Gasteiger partial charge on any atom is 0.255 e. The van der Waals surface area contributed by atoms with Crippen LogP contribution in [0.4, 0.5) is 0 Å². The summed E-state index contributed by atoms with van der Waals surface area (Å²) in [5.74, 6) is 0.803. The van der Waals surface area contributed by atoms with Crippen molar-refractivity contribution in [1.29, 1.82) is 0 Å². The maximum atomic E-state index is 12.9. The number of rotatable bonds is 7. The van der Waals surface area contributed by atoms with Crippen LogP contribution in [0.15, 0.2) is 48.5 Å². The number of imidazole rings is 1. The standard InChI is InChI=1S/C23H26N4O2/c1-15(2)21(27-14-16-8-3-4-9-17(16)23(27)29)22(28)24-13-7-12-20-25-18-10-5-6-11-19(18)26-20/h3-6,8-11,15,21H,7,12-14H2,1-2H3,(H,24,28)(H,25,26)/t21-/m0/s1. The van der Waals surface area contributed by atoms with Gasteiger partial charge in [-0.1, -0.05) is 44.2 Å². The Labute approximate surface area is 170 Å². The second kappa shape index (κ2) is 8.07. The second-order valence-electron chi connectivity index (χ2n) is 7.87. The van der Waals surface area contributed by atoms with Crippen molar-refractivity contribution in [2.75, 3.05) is 6.54 Å². The zero-order valence-electron chi connectivity index (χ0n) is 16.8. The monoisotopic (exact) mass is 390 g/mol. The summed E-state index contributed by atoms with van der Waals surface area (Å²) in [6, 6.07) is 15.0. The Kier molecular flexibility index (Phi) is 5.34. The van der Waals surface area contributed by atoms with Crippen LogP contribution in [0.25, 0.3) is 11.0 Å². The van der Waals surface area contributed by atoms with Crippen molar-refractivity contribution >= 4 is 22.8 Å². The lowest BCUT2D eigenvalue weighted by atomic mass is 10.0. The van der Waals surface area contributed by atoms with Crippen LogP contribution in [0.5, 0.6) is 0 Å². The summed E-state index contributed by atoms with van der Waals surface area (Å²) in [7, 11) is 0. The average Bonchev–Trinajstić information content (AvgIpc) is 3.26. The van der Waals surface area contributed by atoms with Crippen molar-refractivity contribution in [3.05, 3.63) is 65.5 Å². The quantitative estimate of drug-likeness (QED) is 0.608. The van der Waals surface area contributed by atoms with Crippen LogP contribution >= 0.6 is 0 Å². The van der Waals surface area contributed by atoms with E-state index < -0.39 is 6.04 Å². The largest absolute Gasteiger partial charge is 0.354 e. The number of aromatic nitrogens is 2. The van der Waals surface area contributed by atoms with Gasteiger partial charge in [-0.3, -0.25) is 9.59 Å². The molecule has 4 rings (SSSR count). The fourth-order valence-electron chi connectivity index (χ4n) is 4.00. The van der Waals surface area contributed by atoms with Gasteiger partial charge in [-0.15, -0.1) is 0 Å². The molecule has 1 aliphatic heterocycles. The first-order valence-corrected chi connectivity index (χ1v) is 10.1. The van der Waals surface area contributed by atoms with E-state index in [0.717, 1.165) is 35.3 Å². The van der Waals surface area contributed by atoms with Gasteiger partial charge in [0.05, 0.1) is 11.0 Å². The van der Waals surface area contributed by atoms with E-state index in [1.807, 2.05) is 62.4 Å². The summed E-state index contributed by atoms with van der Waals surface area (Å²) >= 11 is 0. The minimum absolute atomic E-state index is 0.0311. The fraction of sp³-hybridized carbons (Fsp3) is 0.348. The lowest BCUT2D eigenvalue weighted by molar-refractivity contribution is -0.127. The first-order valence-electron chi connectivity index (χ1n) is 10.1. The molecule has 2 aromatic carbocycles. The first kappa shape index (κ1) is 19.2. The van der Waals surface area contributed by atoms with Crippen LogP contribution in [0.3, 0.4) is 0 Å². The van der Waals surface area contributed by atoms with E-state index in [1.165, 1.54) is 0 Å². The zero-order valence-corrected chi connectivity index (χ0v) is 16.8. The Hall–Kier alpha value is -3.15. The molecular weight excluding hydrogens is 364 g/mol. The van der Waals surface area contributed by atoms with Crippen LogP contribution in [-0.4, -0.2) is 39.3 Å². The number of nitrogens with zero attached hydrogens (tertiary/aromatic N) is 2. The molecule has 3 aromatic rings. The van der Waals surface area contributed by atoms with Gasteiger partial charge < -0.3 is 15.2 Å². The lowest BCUT2D eigenvalue weighted by Crippen LogP contribution is -2.50. The SMILES string of the molecule is CC(C)[C@@H](C(=O)NCCCc1nc2ccccc2[nH]1)N1Cc2ccccc2C1=O. The molecule has 6 nitrogen and oxygen atoms in total. The number of amides is 2. The summed E-state index contributed by atoms with van der Waals surface area (Å²) in [5.41, 5.74) is 3.67. The Bertz CT molecular complexity index is 1010. The lowest BCUT2D eigenvalue weighted by Gasteiger charge is -2.29. The number of carbonyl (C=O) groups is 2. The van der Waals surface area contributed by atoms with Crippen LogP contribution in [0, 0.1) is 5.92 Å². The normalized spacial score (nSPS) is 14.4. The molecule has 0 bridgehead atoms. The number of para-hydroxylation sites is 2. The van der Waals surface area contributed by atoms with Gasteiger partial charge in [0.15, 0.2) is 0 Å². The molecule has 0 spiro atoms. The Morgan fingerprint density at radius 3 is 2.69 bits per heavy atom. The molecule has 29 heavy (non-hydrogen) atoms. The number of H-pyrrole nitrogens is 1. The second-order valence-corrected chi connectivity index (χ2v) is 7.87. The minimum Gasteiger partial charge on any atom is -0.354 e.